The normalized spacial score (nSPS) is 11.4. The molecule has 21 heavy (non-hydrogen) atoms. The molecule has 0 aliphatic carbocycles. The molecule has 0 unspecified atom stereocenters. The van der Waals surface area contributed by atoms with Crippen LogP contribution in [0.4, 0.5) is 0 Å². The molecule has 0 nitrogen and oxygen atoms in total. The highest BCUT2D eigenvalue weighted by atomic mass is 35.5. The Morgan fingerprint density at radius 1 is 0.381 bits per heavy atom. The molecule has 0 saturated carbocycles. The van der Waals surface area contributed by atoms with E-state index in [1.54, 1.807) is 0 Å². The number of hydrogen-bond acceptors (Lipinski definition) is 0. The molecule has 0 aliphatic heterocycles. The second kappa shape index (κ2) is 4.34. The Labute approximate surface area is 128 Å². The van der Waals surface area contributed by atoms with Gasteiger partial charge in [0.05, 0.1) is 0 Å². The summed E-state index contributed by atoms with van der Waals surface area (Å²) in [5.41, 5.74) is 0. The maximum absolute atomic E-state index is 2.25. The van der Waals surface area contributed by atoms with E-state index in [2.05, 4.69) is 72.8 Å². The second-order valence-electron chi connectivity index (χ2n) is 5.42. The highest BCUT2D eigenvalue weighted by molar-refractivity contribution is 6.32. The average molecular weight is 289 g/mol. The number of fused-ring (bicyclic) bond motifs is 2. The molecular formula is C20H13Cl. The van der Waals surface area contributed by atoms with Crippen LogP contribution in [0.1, 0.15) is 0 Å². The summed E-state index contributed by atoms with van der Waals surface area (Å²) in [7, 11) is 0. The number of rotatable bonds is 0. The van der Waals surface area contributed by atoms with E-state index in [0.717, 1.165) is 0 Å². The van der Waals surface area contributed by atoms with Crippen LogP contribution in [0, 0.1) is 0 Å². The van der Waals surface area contributed by atoms with E-state index in [-0.39, 0.29) is 12.4 Å². The Kier molecular flexibility index (Phi) is 2.57. The molecule has 1 heteroatoms. The smallest absolute Gasteiger partial charge is 0.00264 e. The minimum atomic E-state index is 0. The first-order chi connectivity index (χ1) is 9.93. The van der Waals surface area contributed by atoms with Crippen molar-refractivity contribution in [3.8, 4) is 0 Å². The quantitative estimate of drug-likeness (QED) is 0.236. The van der Waals surface area contributed by atoms with Crippen molar-refractivity contribution in [3.05, 3.63) is 72.8 Å². The van der Waals surface area contributed by atoms with E-state index in [0.29, 0.717) is 0 Å². The van der Waals surface area contributed by atoms with Gasteiger partial charge in [0.15, 0.2) is 0 Å². The molecule has 5 rings (SSSR count). The first-order valence-electron chi connectivity index (χ1n) is 6.98. The Morgan fingerprint density at radius 2 is 0.667 bits per heavy atom. The number of halogens is 1. The molecule has 5 aromatic rings. The second-order valence-corrected chi connectivity index (χ2v) is 5.42. The third kappa shape index (κ3) is 1.51. The third-order valence-electron chi connectivity index (χ3n) is 4.39. The molecule has 5 aromatic carbocycles. The maximum atomic E-state index is 2.25. The van der Waals surface area contributed by atoms with E-state index in [1.165, 1.54) is 43.1 Å². The summed E-state index contributed by atoms with van der Waals surface area (Å²) in [5.74, 6) is 0. The molecule has 0 saturated heterocycles. The van der Waals surface area contributed by atoms with Gasteiger partial charge in [-0.1, -0.05) is 72.8 Å². The Hall–Kier alpha value is -2.31. The van der Waals surface area contributed by atoms with Crippen LogP contribution >= 0.6 is 12.4 Å². The number of benzene rings is 5. The first-order valence-corrected chi connectivity index (χ1v) is 6.98. The van der Waals surface area contributed by atoms with Crippen LogP contribution in [0.5, 0.6) is 0 Å². The lowest BCUT2D eigenvalue weighted by Gasteiger charge is -2.13. The topological polar surface area (TPSA) is 0 Å². The molecule has 0 atom stereocenters. The van der Waals surface area contributed by atoms with Crippen molar-refractivity contribution in [3.63, 3.8) is 0 Å². The van der Waals surface area contributed by atoms with E-state index in [1.807, 2.05) is 0 Å². The van der Waals surface area contributed by atoms with Crippen molar-refractivity contribution in [1.82, 2.24) is 0 Å². The fourth-order valence-corrected chi connectivity index (χ4v) is 3.58. The lowest BCUT2D eigenvalue weighted by atomic mass is 9.90. The minimum absolute atomic E-state index is 0. The molecular weight excluding hydrogens is 276 g/mol. The van der Waals surface area contributed by atoms with Gasteiger partial charge in [-0.25, -0.2) is 0 Å². The lowest BCUT2D eigenvalue weighted by Crippen LogP contribution is -1.85. The van der Waals surface area contributed by atoms with Crippen molar-refractivity contribution >= 4 is 55.5 Å². The fraction of sp³-hybridized carbons (Fsp3) is 0. The molecule has 0 aromatic heterocycles. The van der Waals surface area contributed by atoms with Gasteiger partial charge in [-0.05, 0) is 43.1 Å². The van der Waals surface area contributed by atoms with Gasteiger partial charge in [0.25, 0.3) is 0 Å². The van der Waals surface area contributed by atoms with Crippen LogP contribution < -0.4 is 0 Å². The summed E-state index contributed by atoms with van der Waals surface area (Å²) < 4.78 is 0. The highest BCUT2D eigenvalue weighted by Gasteiger charge is 2.11. The van der Waals surface area contributed by atoms with Crippen molar-refractivity contribution in [2.75, 3.05) is 0 Å². The molecule has 0 fully saturated rings. The van der Waals surface area contributed by atoms with Gasteiger partial charge in [-0.2, -0.15) is 0 Å². The van der Waals surface area contributed by atoms with Gasteiger partial charge >= 0.3 is 0 Å². The maximum Gasteiger partial charge on any atom is -0.00264 e. The van der Waals surface area contributed by atoms with E-state index < -0.39 is 0 Å². The molecule has 0 heterocycles. The summed E-state index contributed by atoms with van der Waals surface area (Å²) in [5, 5.41) is 10.9. The highest BCUT2D eigenvalue weighted by Crippen LogP contribution is 2.39. The molecule has 100 valence electrons. The zero-order valence-electron chi connectivity index (χ0n) is 11.3. The van der Waals surface area contributed by atoms with Crippen LogP contribution in [-0.4, -0.2) is 0 Å². The van der Waals surface area contributed by atoms with Crippen molar-refractivity contribution in [2.24, 2.45) is 0 Å². The van der Waals surface area contributed by atoms with Gasteiger partial charge in [0, 0.05) is 0 Å². The van der Waals surface area contributed by atoms with Crippen LogP contribution in [0.2, 0.25) is 0 Å². The van der Waals surface area contributed by atoms with Gasteiger partial charge in [-0.3, -0.25) is 0 Å². The molecule has 0 bridgehead atoms. The fourth-order valence-electron chi connectivity index (χ4n) is 3.58. The standard InChI is InChI=1S/C20H12.ClH/c1-5-13-6-2-11-17-18-12-4-8-14-7-3-10-16(20(14)18)15(9-1)19(13)17;/h1-12H;1H. The molecule has 0 N–H and O–H groups in total. The molecule has 0 amide bonds. The minimum Gasteiger partial charge on any atom is -0.147 e. The zero-order valence-corrected chi connectivity index (χ0v) is 12.2. The van der Waals surface area contributed by atoms with Crippen molar-refractivity contribution in [1.29, 1.82) is 0 Å². The first kappa shape index (κ1) is 12.4. The lowest BCUT2D eigenvalue weighted by molar-refractivity contribution is 1.78. The summed E-state index contributed by atoms with van der Waals surface area (Å²) in [4.78, 5) is 0. The van der Waals surface area contributed by atoms with Crippen LogP contribution in [0.25, 0.3) is 43.1 Å². The molecule has 0 aliphatic rings. The summed E-state index contributed by atoms with van der Waals surface area (Å²) in [6.07, 6.45) is 0. The van der Waals surface area contributed by atoms with E-state index >= 15 is 0 Å². The monoisotopic (exact) mass is 288 g/mol. The summed E-state index contributed by atoms with van der Waals surface area (Å²) in [6, 6.07) is 26.4. The predicted octanol–water partition coefficient (Wildman–Crippen LogP) is 6.16. The Bertz CT molecular complexity index is 923. The molecule has 0 radical (unpaired) electrons. The van der Waals surface area contributed by atoms with E-state index in [4.69, 9.17) is 0 Å². The Morgan fingerprint density at radius 3 is 0.952 bits per heavy atom. The van der Waals surface area contributed by atoms with E-state index in [9.17, 15) is 0 Å². The van der Waals surface area contributed by atoms with Gasteiger partial charge in [-0.15, -0.1) is 12.4 Å². The van der Waals surface area contributed by atoms with Gasteiger partial charge in [0.1, 0.15) is 0 Å². The largest absolute Gasteiger partial charge is 0.147 e. The predicted molar refractivity (Wildman–Crippen MR) is 94.9 cm³/mol. The van der Waals surface area contributed by atoms with Crippen molar-refractivity contribution < 1.29 is 0 Å². The third-order valence-corrected chi connectivity index (χ3v) is 4.39. The number of hydrogen-bond donors (Lipinski definition) is 0. The summed E-state index contributed by atoms with van der Waals surface area (Å²) in [6.45, 7) is 0. The van der Waals surface area contributed by atoms with Crippen LogP contribution in [0.3, 0.4) is 0 Å². The average Bonchev–Trinajstić information content (AvgIpc) is 2.52. The van der Waals surface area contributed by atoms with Gasteiger partial charge < -0.3 is 0 Å². The van der Waals surface area contributed by atoms with Gasteiger partial charge in [0.2, 0.25) is 0 Å². The van der Waals surface area contributed by atoms with Crippen LogP contribution in [-0.2, 0) is 0 Å². The Balaban J connectivity index is 0.00000115. The van der Waals surface area contributed by atoms with Crippen molar-refractivity contribution in [2.45, 2.75) is 0 Å². The van der Waals surface area contributed by atoms with Crippen LogP contribution in [0.15, 0.2) is 72.8 Å². The summed E-state index contributed by atoms with van der Waals surface area (Å²) >= 11 is 0. The SMILES string of the molecule is Cl.c1cc2cccc3c4cccc5cccc(c(c1)c23)c54. The molecule has 0 spiro atoms. The zero-order chi connectivity index (χ0) is 13.1.